The summed E-state index contributed by atoms with van der Waals surface area (Å²) in [6.45, 7) is 2.89. The van der Waals surface area contributed by atoms with Crippen LogP contribution in [0.4, 0.5) is 5.82 Å². The third-order valence-corrected chi connectivity index (χ3v) is 2.93. The molecule has 0 aliphatic carbocycles. The lowest BCUT2D eigenvalue weighted by molar-refractivity contribution is 1.17. The van der Waals surface area contributed by atoms with E-state index in [0.29, 0.717) is 0 Å². The van der Waals surface area contributed by atoms with Crippen molar-refractivity contribution in [3.8, 4) is 11.1 Å². The monoisotopic (exact) mass is 250 g/mol. The molecular formula is C15H14N4. The minimum Gasteiger partial charge on any atom is -0.370 e. The summed E-state index contributed by atoms with van der Waals surface area (Å²) < 4.78 is 0. The Labute approximate surface area is 111 Å². The van der Waals surface area contributed by atoms with Crippen molar-refractivity contribution in [2.24, 2.45) is 0 Å². The fraction of sp³-hybridized carbons (Fsp3) is 0.133. The minimum absolute atomic E-state index is 0.830. The molecule has 0 fully saturated rings. The van der Waals surface area contributed by atoms with Crippen LogP contribution in [0.25, 0.3) is 22.0 Å². The van der Waals surface area contributed by atoms with E-state index in [1.165, 1.54) is 0 Å². The molecule has 3 rings (SSSR count). The fourth-order valence-corrected chi connectivity index (χ4v) is 2.06. The van der Waals surface area contributed by atoms with Crippen molar-refractivity contribution >= 4 is 16.7 Å². The number of nitrogens with zero attached hydrogens (tertiary/aromatic N) is 3. The van der Waals surface area contributed by atoms with Crippen LogP contribution >= 0.6 is 0 Å². The van der Waals surface area contributed by atoms with Crippen LogP contribution in [0.1, 0.15) is 6.92 Å². The molecule has 3 heterocycles. The molecule has 0 saturated heterocycles. The molecular weight excluding hydrogens is 236 g/mol. The maximum Gasteiger partial charge on any atom is 0.134 e. The maximum absolute atomic E-state index is 4.66. The summed E-state index contributed by atoms with van der Waals surface area (Å²) in [4.78, 5) is 13.0. The van der Waals surface area contributed by atoms with Gasteiger partial charge in [-0.05, 0) is 25.1 Å². The summed E-state index contributed by atoms with van der Waals surface area (Å²) in [5.41, 5.74) is 3.05. The molecule has 4 nitrogen and oxygen atoms in total. The first-order valence-corrected chi connectivity index (χ1v) is 6.27. The van der Waals surface area contributed by atoms with Crippen molar-refractivity contribution < 1.29 is 0 Å². The van der Waals surface area contributed by atoms with Gasteiger partial charge in [-0.25, -0.2) is 4.98 Å². The number of hydrogen-bond donors (Lipinski definition) is 1. The standard InChI is InChI=1S/C15H14N4/c1-2-18-15-13(11-4-3-6-16-9-11)8-12-10-17-7-5-14(12)19-15/h3-10H,2H2,1H3,(H,18,19). The van der Waals surface area contributed by atoms with Crippen LogP contribution in [-0.4, -0.2) is 21.5 Å². The van der Waals surface area contributed by atoms with E-state index < -0.39 is 0 Å². The highest BCUT2D eigenvalue weighted by Gasteiger charge is 2.08. The van der Waals surface area contributed by atoms with Gasteiger partial charge >= 0.3 is 0 Å². The van der Waals surface area contributed by atoms with Crippen LogP contribution in [0, 0.1) is 0 Å². The molecule has 4 heteroatoms. The Hall–Kier alpha value is -2.49. The Morgan fingerprint density at radius 2 is 2.00 bits per heavy atom. The molecule has 0 atom stereocenters. The van der Waals surface area contributed by atoms with Crippen molar-refractivity contribution in [3.05, 3.63) is 49.1 Å². The van der Waals surface area contributed by atoms with Crippen molar-refractivity contribution in [2.45, 2.75) is 6.92 Å². The predicted molar refractivity (Wildman–Crippen MR) is 76.9 cm³/mol. The number of nitrogens with one attached hydrogen (secondary N) is 1. The van der Waals surface area contributed by atoms with E-state index in [1.54, 1.807) is 12.4 Å². The quantitative estimate of drug-likeness (QED) is 0.776. The highest BCUT2D eigenvalue weighted by molar-refractivity contribution is 5.88. The molecule has 0 unspecified atom stereocenters. The maximum atomic E-state index is 4.66. The normalized spacial score (nSPS) is 10.6. The molecule has 0 aliphatic heterocycles. The summed E-state index contributed by atoms with van der Waals surface area (Å²) in [7, 11) is 0. The molecule has 0 radical (unpaired) electrons. The lowest BCUT2D eigenvalue weighted by Gasteiger charge is -2.11. The van der Waals surface area contributed by atoms with Gasteiger partial charge in [0.2, 0.25) is 0 Å². The average molecular weight is 250 g/mol. The van der Waals surface area contributed by atoms with Gasteiger partial charge < -0.3 is 5.32 Å². The third-order valence-electron chi connectivity index (χ3n) is 2.93. The molecule has 94 valence electrons. The Morgan fingerprint density at radius 1 is 1.11 bits per heavy atom. The van der Waals surface area contributed by atoms with Gasteiger partial charge in [0.1, 0.15) is 5.82 Å². The minimum atomic E-state index is 0.830. The van der Waals surface area contributed by atoms with Gasteiger partial charge in [-0.2, -0.15) is 0 Å². The van der Waals surface area contributed by atoms with Crippen molar-refractivity contribution in [2.75, 3.05) is 11.9 Å². The Morgan fingerprint density at radius 3 is 2.79 bits per heavy atom. The van der Waals surface area contributed by atoms with Crippen LogP contribution in [0.5, 0.6) is 0 Å². The number of pyridine rings is 3. The first kappa shape index (κ1) is 11.6. The highest BCUT2D eigenvalue weighted by Crippen LogP contribution is 2.29. The molecule has 0 amide bonds. The second kappa shape index (κ2) is 5.02. The SMILES string of the molecule is CCNc1nc2ccncc2cc1-c1cccnc1. The first-order chi connectivity index (χ1) is 9.38. The number of fused-ring (bicyclic) bond motifs is 1. The zero-order chi connectivity index (χ0) is 13.1. The van der Waals surface area contributed by atoms with Crippen molar-refractivity contribution in [3.63, 3.8) is 0 Å². The molecule has 0 aromatic carbocycles. The Kier molecular flexibility index (Phi) is 3.06. The van der Waals surface area contributed by atoms with E-state index >= 15 is 0 Å². The molecule has 19 heavy (non-hydrogen) atoms. The molecule has 0 aliphatic rings. The number of hydrogen-bond acceptors (Lipinski definition) is 4. The van der Waals surface area contributed by atoms with E-state index in [1.807, 2.05) is 30.6 Å². The topological polar surface area (TPSA) is 50.7 Å². The number of anilines is 1. The van der Waals surface area contributed by atoms with E-state index in [2.05, 4.69) is 33.3 Å². The van der Waals surface area contributed by atoms with Crippen molar-refractivity contribution in [1.82, 2.24) is 15.0 Å². The number of aromatic nitrogens is 3. The molecule has 0 saturated carbocycles. The van der Waals surface area contributed by atoms with Crippen LogP contribution in [0.15, 0.2) is 49.1 Å². The third kappa shape index (κ3) is 2.25. The summed E-state index contributed by atoms with van der Waals surface area (Å²) in [6, 6.07) is 7.99. The lowest BCUT2D eigenvalue weighted by Crippen LogP contribution is -2.02. The van der Waals surface area contributed by atoms with Gasteiger partial charge in [-0.15, -0.1) is 0 Å². The average Bonchev–Trinajstić information content (AvgIpc) is 2.48. The van der Waals surface area contributed by atoms with Gasteiger partial charge in [0.05, 0.1) is 5.52 Å². The van der Waals surface area contributed by atoms with Crippen LogP contribution in [0.2, 0.25) is 0 Å². The van der Waals surface area contributed by atoms with Crippen LogP contribution < -0.4 is 5.32 Å². The zero-order valence-electron chi connectivity index (χ0n) is 10.7. The predicted octanol–water partition coefficient (Wildman–Crippen LogP) is 3.12. The largest absolute Gasteiger partial charge is 0.370 e. The second-order valence-electron chi connectivity index (χ2n) is 4.22. The van der Waals surface area contributed by atoms with Gasteiger partial charge in [0.25, 0.3) is 0 Å². The van der Waals surface area contributed by atoms with Gasteiger partial charge in [-0.1, -0.05) is 6.07 Å². The molecule has 3 aromatic rings. The number of rotatable bonds is 3. The summed E-state index contributed by atoms with van der Waals surface area (Å²) in [6.07, 6.45) is 7.21. The van der Waals surface area contributed by atoms with E-state index in [-0.39, 0.29) is 0 Å². The highest BCUT2D eigenvalue weighted by atomic mass is 15.0. The van der Waals surface area contributed by atoms with Gasteiger partial charge in [-0.3, -0.25) is 9.97 Å². The molecule has 0 spiro atoms. The van der Waals surface area contributed by atoms with Gasteiger partial charge in [0, 0.05) is 47.8 Å². The van der Waals surface area contributed by atoms with Crippen LogP contribution in [-0.2, 0) is 0 Å². The fourth-order valence-electron chi connectivity index (χ4n) is 2.06. The molecule has 3 aromatic heterocycles. The molecule has 1 N–H and O–H groups in total. The summed E-state index contributed by atoms with van der Waals surface area (Å²) in [5, 5.41) is 4.34. The van der Waals surface area contributed by atoms with Crippen molar-refractivity contribution in [1.29, 1.82) is 0 Å². The first-order valence-electron chi connectivity index (χ1n) is 6.27. The van der Waals surface area contributed by atoms with Gasteiger partial charge in [0.15, 0.2) is 0 Å². The Bertz CT molecular complexity index is 695. The van der Waals surface area contributed by atoms with E-state index in [9.17, 15) is 0 Å². The van der Waals surface area contributed by atoms with Crippen LogP contribution in [0.3, 0.4) is 0 Å². The smallest absolute Gasteiger partial charge is 0.134 e. The second-order valence-corrected chi connectivity index (χ2v) is 4.22. The summed E-state index contributed by atoms with van der Waals surface area (Å²) in [5.74, 6) is 0.884. The molecule has 0 bridgehead atoms. The zero-order valence-corrected chi connectivity index (χ0v) is 10.7. The lowest BCUT2D eigenvalue weighted by atomic mass is 10.1. The Balaban J connectivity index is 2.23. The van der Waals surface area contributed by atoms with E-state index in [0.717, 1.165) is 34.4 Å². The summed E-state index contributed by atoms with van der Waals surface area (Å²) >= 11 is 0. The van der Waals surface area contributed by atoms with E-state index in [4.69, 9.17) is 0 Å².